The van der Waals surface area contributed by atoms with Crippen molar-refractivity contribution in [2.24, 2.45) is 0 Å². The summed E-state index contributed by atoms with van der Waals surface area (Å²) < 4.78 is 6.96. The molecule has 0 aliphatic heterocycles. The highest BCUT2D eigenvalue weighted by atomic mass is 15.0. The van der Waals surface area contributed by atoms with Crippen LogP contribution in [0.4, 0.5) is 5.69 Å². The van der Waals surface area contributed by atoms with Gasteiger partial charge < -0.3 is 13.7 Å². The lowest BCUT2D eigenvalue weighted by Gasteiger charge is -2.17. The van der Waals surface area contributed by atoms with Crippen LogP contribution in [0.5, 0.6) is 0 Å². The van der Waals surface area contributed by atoms with E-state index < -0.39 is 0 Å². The molecule has 0 radical (unpaired) electrons. The zero-order valence-electron chi connectivity index (χ0n) is 29.5. The van der Waals surface area contributed by atoms with Crippen molar-refractivity contribution >= 4 is 71.1 Å². The number of aromatic nitrogens is 3. The number of fused-ring (bicyclic) bond motifs is 9. The standard InChI is InChI=1S/C50H29N5/c1-52-34-22-24-41-39-15-4-8-19-46(39)54(49(41)29-34)35-12-10-11-33(28-35)43-27-32(31-51)21-26-48(43)55-47-20-9-5-16-40(47)42-25-23-36(30-50(42)55)53-44-17-6-2-13-37(44)38-14-3-7-18-45(38)53/h2-30H. The number of nitriles is 1. The van der Waals surface area contributed by atoms with Gasteiger partial charge in [0.1, 0.15) is 0 Å². The van der Waals surface area contributed by atoms with Gasteiger partial charge in [-0.3, -0.25) is 0 Å². The average molecular weight is 700 g/mol. The summed E-state index contributed by atoms with van der Waals surface area (Å²) >= 11 is 0. The van der Waals surface area contributed by atoms with E-state index in [0.717, 1.165) is 82.8 Å². The van der Waals surface area contributed by atoms with E-state index in [-0.39, 0.29) is 0 Å². The first-order valence-corrected chi connectivity index (χ1v) is 18.3. The minimum Gasteiger partial charge on any atom is -0.310 e. The quantitative estimate of drug-likeness (QED) is 0.169. The van der Waals surface area contributed by atoms with E-state index in [0.29, 0.717) is 11.3 Å². The topological polar surface area (TPSA) is 42.9 Å². The van der Waals surface area contributed by atoms with Crippen molar-refractivity contribution in [2.45, 2.75) is 0 Å². The van der Waals surface area contributed by atoms with Crippen LogP contribution in [0.25, 0.3) is 98.5 Å². The molecule has 0 unspecified atom stereocenters. The first-order chi connectivity index (χ1) is 27.2. The molecule has 11 aromatic rings. The van der Waals surface area contributed by atoms with E-state index in [4.69, 9.17) is 6.57 Å². The van der Waals surface area contributed by atoms with Crippen LogP contribution in [0.2, 0.25) is 0 Å². The Morgan fingerprint density at radius 3 is 1.53 bits per heavy atom. The largest absolute Gasteiger partial charge is 0.310 e. The summed E-state index contributed by atoms with van der Waals surface area (Å²) in [5, 5.41) is 17.2. The van der Waals surface area contributed by atoms with E-state index in [1.807, 2.05) is 24.3 Å². The maximum absolute atomic E-state index is 10.2. The first kappa shape index (κ1) is 30.7. The maximum Gasteiger partial charge on any atom is 0.189 e. The van der Waals surface area contributed by atoms with E-state index >= 15 is 0 Å². The fourth-order valence-electron chi connectivity index (χ4n) is 8.71. The molecule has 0 amide bonds. The van der Waals surface area contributed by atoms with Crippen LogP contribution in [0.15, 0.2) is 176 Å². The molecule has 0 fully saturated rings. The Kier molecular flexibility index (Phi) is 6.61. The fraction of sp³-hybridized carbons (Fsp3) is 0. The molecule has 254 valence electrons. The van der Waals surface area contributed by atoms with Gasteiger partial charge in [-0.15, -0.1) is 0 Å². The summed E-state index contributed by atoms with van der Waals surface area (Å²) in [6.45, 7) is 7.73. The predicted octanol–water partition coefficient (Wildman–Crippen LogP) is 13.1. The Morgan fingerprint density at radius 2 is 0.927 bits per heavy atom. The lowest BCUT2D eigenvalue weighted by Crippen LogP contribution is -2.00. The molecule has 3 aromatic heterocycles. The monoisotopic (exact) mass is 699 g/mol. The molecule has 5 nitrogen and oxygen atoms in total. The SMILES string of the molecule is [C-]#[N+]c1ccc2c3ccccc3n(-c3cccc(-c4cc(C#N)ccc4-n4c5ccccc5c5ccc(-n6c7ccccc7c7ccccc76)cc54)c3)c2c1. The maximum atomic E-state index is 10.2. The molecule has 0 saturated heterocycles. The molecule has 0 atom stereocenters. The lowest BCUT2D eigenvalue weighted by molar-refractivity contribution is 1.15. The minimum absolute atomic E-state index is 0.592. The van der Waals surface area contributed by atoms with Crippen LogP contribution in [-0.2, 0) is 0 Å². The summed E-state index contributed by atoms with van der Waals surface area (Å²) in [5.74, 6) is 0. The van der Waals surface area contributed by atoms with Gasteiger partial charge in [0.15, 0.2) is 5.69 Å². The van der Waals surface area contributed by atoms with Crippen LogP contribution in [-0.4, -0.2) is 13.7 Å². The second-order valence-corrected chi connectivity index (χ2v) is 14.0. The molecule has 0 N–H and O–H groups in total. The third-order valence-corrected chi connectivity index (χ3v) is 11.1. The first-order valence-electron chi connectivity index (χ1n) is 18.3. The summed E-state index contributed by atoms with van der Waals surface area (Å²) in [4.78, 5) is 3.75. The second-order valence-electron chi connectivity index (χ2n) is 14.0. The zero-order valence-corrected chi connectivity index (χ0v) is 29.5. The van der Waals surface area contributed by atoms with Crippen LogP contribution in [0, 0.1) is 17.9 Å². The number of hydrogen-bond acceptors (Lipinski definition) is 1. The highest BCUT2D eigenvalue weighted by Crippen LogP contribution is 2.41. The van der Waals surface area contributed by atoms with Crippen molar-refractivity contribution in [3.8, 4) is 34.3 Å². The molecule has 0 saturated carbocycles. The number of rotatable bonds is 4. The lowest BCUT2D eigenvalue weighted by atomic mass is 10.00. The normalized spacial score (nSPS) is 11.6. The highest BCUT2D eigenvalue weighted by Gasteiger charge is 2.20. The molecule has 0 bridgehead atoms. The van der Waals surface area contributed by atoms with Crippen molar-refractivity contribution in [1.29, 1.82) is 5.26 Å². The van der Waals surface area contributed by atoms with Crippen molar-refractivity contribution in [3.63, 3.8) is 0 Å². The van der Waals surface area contributed by atoms with Gasteiger partial charge in [-0.1, -0.05) is 103 Å². The molecule has 5 heteroatoms. The van der Waals surface area contributed by atoms with Gasteiger partial charge in [0.2, 0.25) is 0 Å². The summed E-state index contributed by atoms with van der Waals surface area (Å²) in [7, 11) is 0. The number of para-hydroxylation sites is 4. The van der Waals surface area contributed by atoms with Crippen molar-refractivity contribution in [2.75, 3.05) is 0 Å². The Morgan fingerprint density at radius 1 is 0.418 bits per heavy atom. The molecule has 0 spiro atoms. The molecule has 8 aromatic carbocycles. The van der Waals surface area contributed by atoms with Crippen LogP contribution >= 0.6 is 0 Å². The van der Waals surface area contributed by atoms with Crippen LogP contribution < -0.4 is 0 Å². The Balaban J connectivity index is 1.18. The third kappa shape index (κ3) is 4.51. The van der Waals surface area contributed by atoms with Gasteiger partial charge >= 0.3 is 0 Å². The third-order valence-electron chi connectivity index (χ3n) is 11.1. The zero-order chi connectivity index (χ0) is 36.6. The second kappa shape index (κ2) is 11.8. The van der Waals surface area contributed by atoms with Gasteiger partial charge in [-0.25, -0.2) is 4.85 Å². The smallest absolute Gasteiger partial charge is 0.189 e. The molecular weight excluding hydrogens is 671 g/mol. The molecular formula is C50H29N5. The molecule has 3 heterocycles. The summed E-state index contributed by atoms with van der Waals surface area (Å²) in [5.41, 5.74) is 12.7. The average Bonchev–Trinajstić information content (AvgIpc) is 3.88. The summed E-state index contributed by atoms with van der Waals surface area (Å²) in [6, 6.07) is 63.8. The van der Waals surface area contributed by atoms with E-state index in [1.165, 1.54) is 10.8 Å². The van der Waals surface area contributed by atoms with Gasteiger partial charge in [-0.05, 0) is 78.4 Å². The van der Waals surface area contributed by atoms with Gasteiger partial charge in [0.25, 0.3) is 0 Å². The highest BCUT2D eigenvalue weighted by molar-refractivity contribution is 6.13. The predicted molar refractivity (Wildman–Crippen MR) is 226 cm³/mol. The number of hydrogen-bond donors (Lipinski definition) is 0. The van der Waals surface area contributed by atoms with E-state index in [2.05, 4.69) is 176 Å². The van der Waals surface area contributed by atoms with Gasteiger partial charge in [0, 0.05) is 54.8 Å². The summed E-state index contributed by atoms with van der Waals surface area (Å²) in [6.07, 6.45) is 0. The van der Waals surface area contributed by atoms with Crippen LogP contribution in [0.1, 0.15) is 5.56 Å². The fourth-order valence-corrected chi connectivity index (χ4v) is 8.71. The number of benzene rings is 8. The van der Waals surface area contributed by atoms with Crippen LogP contribution in [0.3, 0.4) is 0 Å². The van der Waals surface area contributed by atoms with Gasteiger partial charge in [-0.2, -0.15) is 5.26 Å². The minimum atomic E-state index is 0.592. The number of nitrogens with zero attached hydrogens (tertiary/aromatic N) is 5. The van der Waals surface area contributed by atoms with E-state index in [1.54, 1.807) is 0 Å². The van der Waals surface area contributed by atoms with Crippen molar-refractivity contribution in [1.82, 2.24) is 13.7 Å². The van der Waals surface area contributed by atoms with Crippen molar-refractivity contribution in [3.05, 3.63) is 193 Å². The van der Waals surface area contributed by atoms with Crippen molar-refractivity contribution < 1.29 is 0 Å². The molecule has 11 rings (SSSR count). The Labute approximate surface area is 316 Å². The Bertz CT molecular complexity index is 3420. The Hall–Kier alpha value is -7.86. The molecule has 55 heavy (non-hydrogen) atoms. The van der Waals surface area contributed by atoms with Gasteiger partial charge in [0.05, 0.1) is 51.5 Å². The molecule has 0 aliphatic carbocycles. The molecule has 0 aliphatic rings. The van der Waals surface area contributed by atoms with E-state index in [9.17, 15) is 5.26 Å².